The molecule has 0 saturated carbocycles. The van der Waals surface area contributed by atoms with Crippen LogP contribution in [0.1, 0.15) is 11.3 Å². The number of hydrogen-bond acceptors (Lipinski definition) is 2. The molecule has 0 spiro atoms. The smallest absolute Gasteiger partial charge is 0.231 e. The van der Waals surface area contributed by atoms with Crippen LogP contribution in [0.2, 0.25) is 0 Å². The van der Waals surface area contributed by atoms with Gasteiger partial charge in [0.2, 0.25) is 11.9 Å². The van der Waals surface area contributed by atoms with Crippen LogP contribution in [0, 0.1) is 6.92 Å². The predicted octanol–water partition coefficient (Wildman–Crippen LogP) is 2.03. The summed E-state index contributed by atoms with van der Waals surface area (Å²) in [5.41, 5.74) is 9.29. The lowest BCUT2D eigenvalue weighted by Gasteiger charge is -2.07. The summed E-state index contributed by atoms with van der Waals surface area (Å²) in [5.74, 6) is 0. The fourth-order valence-corrected chi connectivity index (χ4v) is 1.92. The molecule has 1 aromatic heterocycles. The average molecular weight is 261 g/mol. The van der Waals surface area contributed by atoms with Crippen molar-refractivity contribution in [2.75, 3.05) is 6.67 Å². The van der Waals surface area contributed by atoms with Crippen LogP contribution in [0.4, 0.5) is 4.39 Å². The van der Waals surface area contributed by atoms with Crippen LogP contribution in [0.15, 0.2) is 42.6 Å². The molecule has 0 aliphatic heterocycles. The Hall–Kier alpha value is -1.94. The summed E-state index contributed by atoms with van der Waals surface area (Å²) in [6.45, 7) is 1.31. The molecule has 2 rings (SSSR count). The van der Waals surface area contributed by atoms with Gasteiger partial charge < -0.3 is 5.73 Å². The Bertz CT molecular complexity index is 555. The van der Waals surface area contributed by atoms with Crippen molar-refractivity contribution in [3.05, 3.63) is 53.9 Å². The molecule has 1 heterocycles. The summed E-state index contributed by atoms with van der Waals surface area (Å²) >= 11 is 0. The van der Waals surface area contributed by atoms with Gasteiger partial charge >= 0.3 is 0 Å². The van der Waals surface area contributed by atoms with E-state index in [-0.39, 0.29) is 0 Å². The van der Waals surface area contributed by atoms with Crippen molar-refractivity contribution in [1.29, 1.82) is 0 Å². The third-order valence-corrected chi connectivity index (χ3v) is 3.11. The molecule has 0 unspecified atom stereocenters. The molecule has 0 bridgehead atoms. The Balaban J connectivity index is 2.20. The molecule has 0 amide bonds. The quantitative estimate of drug-likeness (QED) is 0.653. The Morgan fingerprint density at radius 2 is 1.79 bits per heavy atom. The second-order valence-electron chi connectivity index (χ2n) is 4.72. The first-order chi connectivity index (χ1) is 9.10. The molecule has 0 fully saturated rings. The number of aromatic nitrogens is 1. The lowest BCUT2D eigenvalue weighted by molar-refractivity contribution is -0.908. The maximum atomic E-state index is 12.3. The largest absolute Gasteiger partial charge is 0.325 e. The van der Waals surface area contributed by atoms with Gasteiger partial charge in [-0.1, -0.05) is 24.3 Å². The Labute approximate surface area is 112 Å². The molecule has 0 radical (unpaired) electrons. The molecule has 0 aliphatic carbocycles. The number of hydrogen-bond donors (Lipinski definition) is 2. The molecule has 100 valence electrons. The van der Waals surface area contributed by atoms with E-state index < -0.39 is 12.7 Å². The summed E-state index contributed by atoms with van der Waals surface area (Å²) in [5, 5.41) is 9.63. The van der Waals surface area contributed by atoms with Gasteiger partial charge in [0.05, 0.1) is 5.56 Å². The van der Waals surface area contributed by atoms with E-state index in [0.717, 1.165) is 27.1 Å². The molecule has 1 aromatic carbocycles. The summed E-state index contributed by atoms with van der Waals surface area (Å²) in [4.78, 5) is 0. The van der Waals surface area contributed by atoms with E-state index in [1.54, 1.807) is 6.20 Å². The lowest BCUT2D eigenvalue weighted by Crippen LogP contribution is -2.32. The van der Waals surface area contributed by atoms with Crippen molar-refractivity contribution in [1.82, 2.24) is 0 Å². The van der Waals surface area contributed by atoms with Crippen molar-refractivity contribution in [3.8, 4) is 11.1 Å². The van der Waals surface area contributed by atoms with Gasteiger partial charge in [0.1, 0.15) is 6.67 Å². The number of rotatable bonds is 4. The SMILES string of the molecule is Cc1ccc(-c2ccc(C[C@H](N)CF)cc2)c[n+]1O. The normalized spacial score (nSPS) is 12.4. The van der Waals surface area contributed by atoms with Gasteiger partial charge in [-0.05, 0) is 23.6 Å². The van der Waals surface area contributed by atoms with Crippen molar-refractivity contribution >= 4 is 0 Å². The van der Waals surface area contributed by atoms with Gasteiger partial charge in [-0.25, -0.2) is 4.39 Å². The van der Waals surface area contributed by atoms with Crippen molar-refractivity contribution in [2.24, 2.45) is 5.73 Å². The van der Waals surface area contributed by atoms with E-state index in [1.807, 2.05) is 43.3 Å². The topological polar surface area (TPSA) is 50.1 Å². The molecule has 0 saturated heterocycles. The van der Waals surface area contributed by atoms with Gasteiger partial charge in [-0.15, -0.1) is 0 Å². The molecule has 4 heteroatoms. The summed E-state index contributed by atoms with van der Waals surface area (Å²) in [6, 6.07) is 11.1. The molecular formula is C15H18FN2O+. The van der Waals surface area contributed by atoms with Gasteiger partial charge in [0, 0.05) is 23.8 Å². The van der Waals surface area contributed by atoms with Crippen LogP contribution < -0.4 is 10.5 Å². The first-order valence-electron chi connectivity index (χ1n) is 6.22. The Morgan fingerprint density at radius 1 is 1.16 bits per heavy atom. The zero-order chi connectivity index (χ0) is 13.8. The number of aryl methyl sites for hydroxylation is 1. The third-order valence-electron chi connectivity index (χ3n) is 3.11. The maximum Gasteiger partial charge on any atom is 0.231 e. The van der Waals surface area contributed by atoms with Gasteiger partial charge in [-0.2, -0.15) is 0 Å². The highest BCUT2D eigenvalue weighted by molar-refractivity contribution is 5.61. The molecular weight excluding hydrogens is 243 g/mol. The molecule has 1 atom stereocenters. The Kier molecular flexibility index (Phi) is 4.12. The summed E-state index contributed by atoms with van der Waals surface area (Å²) < 4.78 is 13.4. The molecule has 3 N–H and O–H groups in total. The lowest BCUT2D eigenvalue weighted by atomic mass is 10.0. The van der Waals surface area contributed by atoms with E-state index in [4.69, 9.17) is 5.73 Å². The zero-order valence-electron chi connectivity index (χ0n) is 10.9. The second-order valence-corrected chi connectivity index (χ2v) is 4.72. The number of nitrogens with two attached hydrogens (primary N) is 1. The van der Waals surface area contributed by atoms with Gasteiger partial charge in [-0.3, -0.25) is 5.21 Å². The molecule has 0 aliphatic rings. The highest BCUT2D eigenvalue weighted by atomic mass is 19.1. The van der Waals surface area contributed by atoms with E-state index in [0.29, 0.717) is 6.42 Å². The van der Waals surface area contributed by atoms with Crippen LogP contribution in [-0.2, 0) is 6.42 Å². The Morgan fingerprint density at radius 3 is 2.37 bits per heavy atom. The van der Waals surface area contributed by atoms with Gasteiger partial charge in [0.25, 0.3) is 0 Å². The summed E-state index contributed by atoms with van der Waals surface area (Å²) in [7, 11) is 0. The molecule has 2 aromatic rings. The monoisotopic (exact) mass is 261 g/mol. The molecule has 3 nitrogen and oxygen atoms in total. The van der Waals surface area contributed by atoms with E-state index in [9.17, 15) is 9.60 Å². The first kappa shape index (κ1) is 13.5. The van der Waals surface area contributed by atoms with Crippen molar-refractivity contribution in [2.45, 2.75) is 19.4 Å². The van der Waals surface area contributed by atoms with Crippen LogP contribution >= 0.6 is 0 Å². The van der Waals surface area contributed by atoms with Crippen molar-refractivity contribution in [3.63, 3.8) is 0 Å². The fraction of sp³-hybridized carbons (Fsp3) is 0.267. The highest BCUT2D eigenvalue weighted by Crippen LogP contribution is 2.19. The second kappa shape index (κ2) is 5.80. The minimum atomic E-state index is -0.510. The van der Waals surface area contributed by atoms with Gasteiger partial charge in [0.15, 0.2) is 0 Å². The number of halogens is 1. The van der Waals surface area contributed by atoms with Crippen LogP contribution in [-0.4, -0.2) is 17.9 Å². The predicted molar refractivity (Wildman–Crippen MR) is 71.6 cm³/mol. The van der Waals surface area contributed by atoms with Crippen molar-refractivity contribution < 1.29 is 14.3 Å². The van der Waals surface area contributed by atoms with E-state index in [2.05, 4.69) is 0 Å². The number of alkyl halides is 1. The molecule has 19 heavy (non-hydrogen) atoms. The third kappa shape index (κ3) is 3.29. The zero-order valence-corrected chi connectivity index (χ0v) is 10.9. The first-order valence-corrected chi connectivity index (χ1v) is 6.22. The highest BCUT2D eigenvalue weighted by Gasteiger charge is 2.08. The van der Waals surface area contributed by atoms with E-state index >= 15 is 0 Å². The van der Waals surface area contributed by atoms with Crippen LogP contribution in [0.3, 0.4) is 0 Å². The minimum Gasteiger partial charge on any atom is -0.325 e. The maximum absolute atomic E-state index is 12.3. The number of pyridine rings is 1. The fourth-order valence-electron chi connectivity index (χ4n) is 1.92. The van der Waals surface area contributed by atoms with E-state index in [1.165, 1.54) is 0 Å². The van der Waals surface area contributed by atoms with Crippen LogP contribution in [0.5, 0.6) is 0 Å². The minimum absolute atomic E-state index is 0.440. The number of nitrogens with zero attached hydrogens (tertiary/aromatic N) is 1. The van der Waals surface area contributed by atoms with Crippen LogP contribution in [0.25, 0.3) is 11.1 Å². The standard InChI is InChI=1S/C15H18FN2O/c1-11-2-5-14(10-18(11)19)13-6-3-12(4-7-13)8-15(17)9-16/h2-7,10,15,19H,8-9,17H2,1H3/q+1/t15-/m0/s1. The average Bonchev–Trinajstić information content (AvgIpc) is 2.42. The number of benzene rings is 1. The summed E-state index contributed by atoms with van der Waals surface area (Å²) in [6.07, 6.45) is 2.20.